The molecule has 1 aliphatic rings. The number of nitrogens with zero attached hydrogens (tertiary/aromatic N) is 5. The fourth-order valence-electron chi connectivity index (χ4n) is 3.16. The zero-order valence-electron chi connectivity index (χ0n) is 16.8. The molecule has 2 heterocycles. The van der Waals surface area contributed by atoms with Crippen molar-refractivity contribution >= 4 is 11.7 Å². The summed E-state index contributed by atoms with van der Waals surface area (Å²) in [6.45, 7) is 1.69. The molecule has 2 aromatic rings. The van der Waals surface area contributed by atoms with Crippen LogP contribution in [0.15, 0.2) is 47.9 Å². The number of amides is 1. The second-order valence-electron chi connectivity index (χ2n) is 6.93. The van der Waals surface area contributed by atoms with Crippen LogP contribution >= 0.6 is 0 Å². The van der Waals surface area contributed by atoms with Crippen LogP contribution in [-0.4, -0.2) is 60.6 Å². The van der Waals surface area contributed by atoms with Crippen LogP contribution in [0.2, 0.25) is 0 Å². The molecule has 0 radical (unpaired) electrons. The number of carbonyl (C=O) groups is 1. The average Bonchev–Trinajstić information content (AvgIpc) is 2.78. The molecule has 1 amide bonds. The molecule has 1 aliphatic heterocycles. The third kappa shape index (κ3) is 5.51. The average molecular weight is 431 g/mol. The summed E-state index contributed by atoms with van der Waals surface area (Å²) >= 11 is 0. The molecular weight excluding hydrogens is 411 g/mol. The van der Waals surface area contributed by atoms with Crippen LogP contribution in [0.1, 0.15) is 21.5 Å². The molecular formula is C21H20F3N5O2. The second kappa shape index (κ2) is 9.47. The first-order valence-corrected chi connectivity index (χ1v) is 9.49. The fourth-order valence-corrected chi connectivity index (χ4v) is 3.16. The maximum Gasteiger partial charge on any atom is 0.417 e. The lowest BCUT2D eigenvalue weighted by Crippen LogP contribution is -2.49. The zero-order valence-corrected chi connectivity index (χ0v) is 16.8. The maximum absolute atomic E-state index is 13.2. The van der Waals surface area contributed by atoms with E-state index in [4.69, 9.17) is 0 Å². The molecule has 0 saturated carbocycles. The summed E-state index contributed by atoms with van der Waals surface area (Å²) in [5, 5.41) is 3.89. The van der Waals surface area contributed by atoms with Crippen molar-refractivity contribution in [1.29, 1.82) is 0 Å². The Morgan fingerprint density at radius 2 is 1.87 bits per heavy atom. The van der Waals surface area contributed by atoms with E-state index in [1.165, 1.54) is 35.2 Å². The number of halogens is 3. The molecule has 1 saturated heterocycles. The molecule has 10 heteroatoms. The number of piperazine rings is 1. The van der Waals surface area contributed by atoms with Gasteiger partial charge < -0.3 is 9.80 Å². The summed E-state index contributed by atoms with van der Waals surface area (Å²) in [7, 11) is 1.52. The summed E-state index contributed by atoms with van der Waals surface area (Å²) in [6, 6.07) is 8.42. The number of hydrogen-bond donors (Lipinski definition) is 0. The lowest BCUT2D eigenvalue weighted by Gasteiger charge is -2.35. The number of nitroso groups, excluding NO2 is 1. The van der Waals surface area contributed by atoms with Gasteiger partial charge in [0, 0.05) is 45.0 Å². The molecule has 162 valence electrons. The van der Waals surface area contributed by atoms with Gasteiger partial charge in [-0.1, -0.05) is 24.0 Å². The van der Waals surface area contributed by atoms with Gasteiger partial charge in [0.1, 0.15) is 12.4 Å². The number of pyridine rings is 1. The molecule has 3 rings (SSSR count). The van der Waals surface area contributed by atoms with Crippen molar-refractivity contribution < 1.29 is 18.0 Å². The fraction of sp³-hybridized carbons (Fsp3) is 0.333. The number of hydrogen-bond acceptors (Lipinski definition) is 5. The quantitative estimate of drug-likeness (QED) is 0.423. The van der Waals surface area contributed by atoms with Crippen LogP contribution in [0.4, 0.5) is 19.0 Å². The van der Waals surface area contributed by atoms with Crippen LogP contribution in [0, 0.1) is 16.7 Å². The van der Waals surface area contributed by atoms with Crippen molar-refractivity contribution in [2.75, 3.05) is 44.7 Å². The van der Waals surface area contributed by atoms with Crippen molar-refractivity contribution in [2.45, 2.75) is 6.18 Å². The summed E-state index contributed by atoms with van der Waals surface area (Å²) in [4.78, 5) is 30.7. The molecule has 0 spiro atoms. The highest BCUT2D eigenvalue weighted by Gasteiger charge is 2.36. The molecule has 31 heavy (non-hydrogen) atoms. The second-order valence-corrected chi connectivity index (χ2v) is 6.93. The van der Waals surface area contributed by atoms with E-state index >= 15 is 0 Å². The highest BCUT2D eigenvalue weighted by molar-refractivity contribution is 5.96. The predicted molar refractivity (Wildman–Crippen MR) is 109 cm³/mol. The lowest BCUT2D eigenvalue weighted by atomic mass is 10.1. The maximum atomic E-state index is 13.2. The van der Waals surface area contributed by atoms with E-state index in [9.17, 15) is 22.9 Å². The molecule has 0 unspecified atom stereocenters. The largest absolute Gasteiger partial charge is 0.417 e. The van der Waals surface area contributed by atoms with Gasteiger partial charge in [-0.3, -0.25) is 9.80 Å². The Balaban J connectivity index is 1.61. The van der Waals surface area contributed by atoms with E-state index in [-0.39, 0.29) is 12.1 Å². The summed E-state index contributed by atoms with van der Waals surface area (Å²) in [5.74, 6) is 5.76. The number of alkyl halides is 3. The lowest BCUT2D eigenvalue weighted by molar-refractivity contribution is -0.138. The first-order chi connectivity index (χ1) is 14.8. The van der Waals surface area contributed by atoms with Gasteiger partial charge in [0.15, 0.2) is 0 Å². The number of carbonyl (C=O) groups excluding carboxylic acids is 1. The first kappa shape index (κ1) is 22.1. The molecule has 0 atom stereocenters. The van der Waals surface area contributed by atoms with Gasteiger partial charge in [-0.05, 0) is 24.3 Å². The van der Waals surface area contributed by atoms with Crippen molar-refractivity contribution in [3.8, 4) is 11.8 Å². The Morgan fingerprint density at radius 1 is 1.16 bits per heavy atom. The minimum atomic E-state index is -4.58. The molecule has 0 bridgehead atoms. The van der Waals surface area contributed by atoms with E-state index in [0.29, 0.717) is 37.6 Å². The Morgan fingerprint density at radius 3 is 2.48 bits per heavy atom. The summed E-state index contributed by atoms with van der Waals surface area (Å²) < 4.78 is 39.6. The summed E-state index contributed by atoms with van der Waals surface area (Å²) in [5.41, 5.74) is -0.573. The minimum Gasteiger partial charge on any atom is -0.353 e. The Bertz CT molecular complexity index is 991. The number of rotatable bonds is 4. The topological polar surface area (TPSA) is 69.1 Å². The SMILES string of the molecule is CN(CC#Cc1ccc(N2CCN(C(=O)c3ccccc3C(F)(F)F)CC2)nc1)N=O. The van der Waals surface area contributed by atoms with Gasteiger partial charge in [0.05, 0.1) is 16.4 Å². The van der Waals surface area contributed by atoms with Crippen molar-refractivity contribution in [3.05, 3.63) is 64.2 Å². The van der Waals surface area contributed by atoms with Crippen LogP contribution in [0.5, 0.6) is 0 Å². The van der Waals surface area contributed by atoms with E-state index < -0.39 is 17.6 Å². The van der Waals surface area contributed by atoms with Gasteiger partial charge in [-0.2, -0.15) is 13.2 Å². The van der Waals surface area contributed by atoms with Gasteiger partial charge in [-0.25, -0.2) is 4.98 Å². The highest BCUT2D eigenvalue weighted by atomic mass is 19.4. The highest BCUT2D eigenvalue weighted by Crippen LogP contribution is 2.32. The third-order valence-electron chi connectivity index (χ3n) is 4.78. The smallest absolute Gasteiger partial charge is 0.353 e. The minimum absolute atomic E-state index is 0.207. The van der Waals surface area contributed by atoms with Crippen LogP contribution in [0.3, 0.4) is 0 Å². The molecule has 0 aliphatic carbocycles. The van der Waals surface area contributed by atoms with Crippen molar-refractivity contribution in [1.82, 2.24) is 14.9 Å². The molecule has 0 N–H and O–H groups in total. The van der Waals surface area contributed by atoms with Crippen LogP contribution in [0.25, 0.3) is 0 Å². The van der Waals surface area contributed by atoms with E-state index in [2.05, 4.69) is 22.1 Å². The third-order valence-corrected chi connectivity index (χ3v) is 4.78. The van der Waals surface area contributed by atoms with E-state index in [0.717, 1.165) is 6.07 Å². The first-order valence-electron chi connectivity index (χ1n) is 9.49. The van der Waals surface area contributed by atoms with E-state index in [1.54, 1.807) is 18.3 Å². The molecule has 7 nitrogen and oxygen atoms in total. The zero-order chi connectivity index (χ0) is 22.4. The number of aromatic nitrogens is 1. The van der Waals surface area contributed by atoms with Gasteiger partial charge in [0.2, 0.25) is 0 Å². The normalized spacial score (nSPS) is 13.9. The Kier molecular flexibility index (Phi) is 6.74. The monoisotopic (exact) mass is 431 g/mol. The van der Waals surface area contributed by atoms with Gasteiger partial charge >= 0.3 is 6.18 Å². The van der Waals surface area contributed by atoms with E-state index in [1.807, 2.05) is 4.90 Å². The van der Waals surface area contributed by atoms with Gasteiger partial charge in [-0.15, -0.1) is 4.91 Å². The molecule has 1 aromatic heterocycles. The summed E-state index contributed by atoms with van der Waals surface area (Å²) in [6.07, 6.45) is -2.98. The Hall–Kier alpha value is -3.61. The molecule has 1 fully saturated rings. The number of anilines is 1. The molecule has 1 aromatic carbocycles. The Labute approximate surface area is 177 Å². The van der Waals surface area contributed by atoms with Crippen molar-refractivity contribution in [3.63, 3.8) is 0 Å². The van der Waals surface area contributed by atoms with Crippen molar-refractivity contribution in [2.24, 2.45) is 5.29 Å². The standard InChI is InChI=1S/C21H20F3N5O2/c1-27(26-31)10-4-5-16-8-9-19(25-15-16)28-11-13-29(14-12-28)20(30)17-6-2-3-7-18(17)21(22,23)24/h2-3,6-9,15H,10-14H2,1H3. The predicted octanol–water partition coefficient (Wildman–Crippen LogP) is 3.03. The van der Waals surface area contributed by atoms with Crippen LogP contribution < -0.4 is 4.90 Å². The number of benzene rings is 1. The van der Waals surface area contributed by atoms with Crippen LogP contribution in [-0.2, 0) is 6.18 Å². The van der Waals surface area contributed by atoms with Gasteiger partial charge in [0.25, 0.3) is 5.91 Å².